The van der Waals surface area contributed by atoms with Gasteiger partial charge in [-0.05, 0) is 35.9 Å². The Bertz CT molecular complexity index is 805. The van der Waals surface area contributed by atoms with Crippen molar-refractivity contribution in [3.63, 3.8) is 0 Å². The molecule has 0 saturated heterocycles. The van der Waals surface area contributed by atoms with Gasteiger partial charge in [-0.1, -0.05) is 13.0 Å². The van der Waals surface area contributed by atoms with Crippen molar-refractivity contribution in [3.05, 3.63) is 53.9 Å². The van der Waals surface area contributed by atoms with Gasteiger partial charge in [0.15, 0.2) is 17.4 Å². The molecule has 0 aliphatic rings. The molecule has 0 spiro atoms. The molecule has 1 aromatic heterocycles. The van der Waals surface area contributed by atoms with Crippen LogP contribution in [-0.4, -0.2) is 28.4 Å². The van der Waals surface area contributed by atoms with Crippen LogP contribution in [0.1, 0.15) is 13.3 Å². The first kappa shape index (κ1) is 19.7. The van der Waals surface area contributed by atoms with Crippen molar-refractivity contribution < 1.29 is 23.4 Å². The van der Waals surface area contributed by atoms with Crippen LogP contribution in [0.5, 0.6) is 5.75 Å². The fourth-order valence-electron chi connectivity index (χ4n) is 2.13. The quantitative estimate of drug-likeness (QED) is 0.413. The second kappa shape index (κ2) is 9.19. The lowest BCUT2D eigenvalue weighted by Gasteiger charge is -2.12. The summed E-state index contributed by atoms with van der Waals surface area (Å²) in [7, 11) is 0. The first-order valence-corrected chi connectivity index (χ1v) is 8.80. The average molecular weight is 380 g/mol. The van der Waals surface area contributed by atoms with Crippen LogP contribution in [0.25, 0.3) is 11.1 Å². The van der Waals surface area contributed by atoms with Crippen LogP contribution in [-0.2, 0) is 4.79 Å². The number of amides is 1. The van der Waals surface area contributed by atoms with E-state index in [0.717, 1.165) is 24.3 Å². The minimum Gasteiger partial charge on any atom is -0.508 e. The smallest absolute Gasteiger partial charge is 0.244 e. The molecule has 1 heterocycles. The van der Waals surface area contributed by atoms with Crippen LogP contribution in [0.2, 0.25) is 0 Å². The van der Waals surface area contributed by atoms with Gasteiger partial charge in [0.25, 0.3) is 0 Å². The third-order valence-corrected chi connectivity index (χ3v) is 4.41. The van der Waals surface area contributed by atoms with E-state index in [1.165, 1.54) is 11.8 Å². The fourth-order valence-corrected chi connectivity index (χ4v) is 3.00. The summed E-state index contributed by atoms with van der Waals surface area (Å²) in [5.41, 5.74) is 5.82. The Morgan fingerprint density at radius 1 is 1.38 bits per heavy atom. The van der Waals surface area contributed by atoms with Crippen molar-refractivity contribution in [1.82, 2.24) is 4.98 Å². The van der Waals surface area contributed by atoms with Crippen molar-refractivity contribution in [2.45, 2.75) is 18.4 Å². The Labute approximate surface area is 153 Å². The van der Waals surface area contributed by atoms with E-state index in [1.54, 1.807) is 18.3 Å². The van der Waals surface area contributed by atoms with E-state index in [9.17, 15) is 18.7 Å². The number of aliphatic hydroxyl groups is 1. The molecule has 2 aromatic rings. The van der Waals surface area contributed by atoms with Gasteiger partial charge in [-0.3, -0.25) is 4.79 Å². The molecule has 0 aliphatic carbocycles. The van der Waals surface area contributed by atoms with E-state index < -0.39 is 35.7 Å². The van der Waals surface area contributed by atoms with Crippen molar-refractivity contribution in [2.24, 2.45) is 5.73 Å². The summed E-state index contributed by atoms with van der Waals surface area (Å²) in [4.78, 5) is 14.9. The summed E-state index contributed by atoms with van der Waals surface area (Å²) in [5.74, 6) is -3.10. The van der Waals surface area contributed by atoms with E-state index in [4.69, 9.17) is 10.5 Å². The predicted octanol–water partition coefficient (Wildman–Crippen LogP) is 3.83. The van der Waals surface area contributed by atoms with Crippen LogP contribution in [0.4, 0.5) is 8.78 Å². The van der Waals surface area contributed by atoms with E-state index in [1.807, 2.05) is 6.92 Å². The molecule has 1 aromatic carbocycles. The number of ether oxygens (including phenoxy) is 1. The molecule has 0 saturated carbocycles. The molecule has 1 amide bonds. The molecule has 2 rings (SSSR count). The number of halogens is 2. The molecular weight excluding hydrogens is 362 g/mol. The monoisotopic (exact) mass is 380 g/mol. The Morgan fingerprint density at radius 2 is 2.08 bits per heavy atom. The molecule has 138 valence electrons. The van der Waals surface area contributed by atoms with Crippen molar-refractivity contribution in [3.8, 4) is 16.9 Å². The number of nitrogens with zero attached hydrogens (tertiary/aromatic N) is 1. The first-order chi connectivity index (χ1) is 12.4. The number of hydrogen-bond acceptors (Lipinski definition) is 5. The summed E-state index contributed by atoms with van der Waals surface area (Å²) in [6.45, 7) is 1.45. The lowest BCUT2D eigenvalue weighted by Crippen LogP contribution is -2.11. The van der Waals surface area contributed by atoms with E-state index in [2.05, 4.69) is 4.98 Å². The highest BCUT2D eigenvalue weighted by atomic mass is 32.2. The lowest BCUT2D eigenvalue weighted by atomic mass is 10.1. The number of carbonyl (C=O) groups is 1. The highest BCUT2D eigenvalue weighted by Gasteiger charge is 2.16. The average Bonchev–Trinajstić information content (AvgIpc) is 2.58. The molecule has 26 heavy (non-hydrogen) atoms. The third kappa shape index (κ3) is 5.19. The van der Waals surface area contributed by atoms with E-state index in [0.29, 0.717) is 22.2 Å². The molecule has 5 nitrogen and oxygen atoms in total. The molecule has 0 unspecified atom stereocenters. The normalized spacial score (nSPS) is 11.4. The van der Waals surface area contributed by atoms with Gasteiger partial charge >= 0.3 is 0 Å². The van der Waals surface area contributed by atoms with Gasteiger partial charge in [0.2, 0.25) is 5.91 Å². The maximum Gasteiger partial charge on any atom is 0.244 e. The number of hydrogen-bond donors (Lipinski definition) is 2. The topological polar surface area (TPSA) is 85.4 Å². The molecule has 3 N–H and O–H groups in total. The number of primary amides is 1. The van der Waals surface area contributed by atoms with Gasteiger partial charge in [-0.25, -0.2) is 13.8 Å². The number of aliphatic hydroxyl groups excluding tert-OH is 1. The summed E-state index contributed by atoms with van der Waals surface area (Å²) in [5, 5.41) is 10.1. The van der Waals surface area contributed by atoms with E-state index >= 15 is 0 Å². The second-order valence-corrected chi connectivity index (χ2v) is 6.38. The summed E-state index contributed by atoms with van der Waals surface area (Å²) in [6.07, 6.45) is 3.27. The van der Waals surface area contributed by atoms with Crippen molar-refractivity contribution >= 4 is 17.7 Å². The number of nitrogens with two attached hydrogens (primary N) is 1. The zero-order chi connectivity index (χ0) is 19.1. The molecule has 8 heteroatoms. The Kier molecular flexibility index (Phi) is 6.97. The standard InChI is InChI=1S/C18H18F2N2O3S/c1-2-6-26-18-13(4-3-5-22-18)11-7-14(19)17(15(20)8-11)25-10-12(23)9-16(21)24/h3-5,7-9,23H,2,6,10H2,1H3,(H2,21,24)/b12-9-. The summed E-state index contributed by atoms with van der Waals surface area (Å²) < 4.78 is 33.5. The van der Waals surface area contributed by atoms with E-state index in [-0.39, 0.29) is 0 Å². The van der Waals surface area contributed by atoms with Crippen LogP contribution in [0, 0.1) is 11.6 Å². The number of rotatable bonds is 8. The zero-order valence-corrected chi connectivity index (χ0v) is 14.9. The Balaban J connectivity index is 2.28. The predicted molar refractivity (Wildman–Crippen MR) is 96.0 cm³/mol. The highest BCUT2D eigenvalue weighted by Crippen LogP contribution is 2.34. The fraction of sp³-hybridized carbons (Fsp3) is 0.222. The first-order valence-electron chi connectivity index (χ1n) is 7.81. The second-order valence-electron chi connectivity index (χ2n) is 5.30. The van der Waals surface area contributed by atoms with Gasteiger partial charge in [0, 0.05) is 17.8 Å². The Morgan fingerprint density at radius 3 is 2.69 bits per heavy atom. The van der Waals surface area contributed by atoms with Crippen LogP contribution in [0.3, 0.4) is 0 Å². The number of benzene rings is 1. The summed E-state index contributed by atoms with van der Waals surface area (Å²) in [6, 6.07) is 5.71. The largest absolute Gasteiger partial charge is 0.508 e. The van der Waals surface area contributed by atoms with Crippen LogP contribution in [0.15, 0.2) is 47.3 Å². The van der Waals surface area contributed by atoms with Gasteiger partial charge in [0.05, 0.1) is 0 Å². The maximum absolute atomic E-state index is 14.3. The van der Waals surface area contributed by atoms with Gasteiger partial charge in [-0.15, -0.1) is 11.8 Å². The minimum atomic E-state index is -0.929. The molecular formula is C18H18F2N2O3S. The number of thioether (sulfide) groups is 1. The lowest BCUT2D eigenvalue weighted by molar-refractivity contribution is -0.113. The minimum absolute atomic E-state index is 0.330. The van der Waals surface area contributed by atoms with Gasteiger partial charge in [0.1, 0.15) is 17.4 Å². The number of aromatic nitrogens is 1. The highest BCUT2D eigenvalue weighted by molar-refractivity contribution is 7.99. The molecule has 0 atom stereocenters. The zero-order valence-electron chi connectivity index (χ0n) is 14.0. The summed E-state index contributed by atoms with van der Waals surface area (Å²) >= 11 is 1.51. The molecule has 0 bridgehead atoms. The third-order valence-electron chi connectivity index (χ3n) is 3.20. The van der Waals surface area contributed by atoms with Gasteiger partial charge < -0.3 is 15.6 Å². The number of carbonyl (C=O) groups excluding carboxylic acids is 1. The SMILES string of the molecule is CCCSc1ncccc1-c1cc(F)c(OC/C(O)=C/C(N)=O)c(F)c1. The van der Waals surface area contributed by atoms with Crippen LogP contribution >= 0.6 is 11.8 Å². The van der Waals surface area contributed by atoms with Crippen molar-refractivity contribution in [2.75, 3.05) is 12.4 Å². The van der Waals surface area contributed by atoms with Crippen LogP contribution < -0.4 is 10.5 Å². The molecule has 0 radical (unpaired) electrons. The number of pyridine rings is 1. The van der Waals surface area contributed by atoms with Gasteiger partial charge in [-0.2, -0.15) is 0 Å². The maximum atomic E-state index is 14.3. The molecule has 0 aliphatic heterocycles. The van der Waals surface area contributed by atoms with Crippen molar-refractivity contribution in [1.29, 1.82) is 0 Å². The Hall–Kier alpha value is -2.61. The molecule has 0 fully saturated rings.